The zero-order chi connectivity index (χ0) is 8.43. The van der Waals surface area contributed by atoms with E-state index < -0.39 is 11.6 Å². The molecule has 0 aliphatic heterocycles. The van der Waals surface area contributed by atoms with Gasteiger partial charge in [0, 0.05) is 6.07 Å². The van der Waals surface area contributed by atoms with E-state index in [0.29, 0.717) is 6.07 Å². The van der Waals surface area contributed by atoms with Gasteiger partial charge in [0.2, 0.25) is 0 Å². The van der Waals surface area contributed by atoms with E-state index in [-0.39, 0.29) is 11.4 Å². The molecule has 0 aliphatic carbocycles. The second-order valence-corrected chi connectivity index (χ2v) is 2.01. The van der Waals surface area contributed by atoms with E-state index in [1.165, 1.54) is 0 Å². The Morgan fingerprint density at radius 1 is 1.55 bits per heavy atom. The van der Waals surface area contributed by atoms with Crippen molar-refractivity contribution in [3.05, 3.63) is 36.2 Å². The van der Waals surface area contributed by atoms with E-state index in [0.717, 1.165) is 6.20 Å². The quantitative estimate of drug-likeness (QED) is 0.665. The molecule has 1 heterocycles. The second-order valence-electron chi connectivity index (χ2n) is 2.01. The summed E-state index contributed by atoms with van der Waals surface area (Å²) < 4.78 is 24.9. The molecule has 1 aromatic rings. The van der Waals surface area contributed by atoms with Crippen LogP contribution < -0.4 is 5.73 Å². The fourth-order valence-electron chi connectivity index (χ4n) is 0.651. The molecule has 1 aromatic heterocycles. The van der Waals surface area contributed by atoms with E-state index in [2.05, 4.69) is 11.6 Å². The number of nitrogens with two attached hydrogens (primary N) is 1. The highest BCUT2D eigenvalue weighted by atomic mass is 19.1. The largest absolute Gasteiger partial charge is 0.397 e. The van der Waals surface area contributed by atoms with Crippen LogP contribution in [0.25, 0.3) is 5.70 Å². The molecule has 0 saturated carbocycles. The average Bonchev–Trinajstić information content (AvgIpc) is 1.85. The third kappa shape index (κ3) is 1.52. The fraction of sp³-hybridized carbons (Fsp3) is 0. The molecule has 4 heteroatoms. The summed E-state index contributed by atoms with van der Waals surface area (Å²) in [4.78, 5) is 3.40. The highest BCUT2D eigenvalue weighted by Gasteiger charge is 2.05. The van der Waals surface area contributed by atoms with Crippen molar-refractivity contribution in [3.8, 4) is 0 Å². The van der Waals surface area contributed by atoms with Crippen molar-refractivity contribution in [2.45, 2.75) is 0 Å². The second kappa shape index (κ2) is 2.65. The van der Waals surface area contributed by atoms with Gasteiger partial charge in [-0.15, -0.1) is 0 Å². The first-order chi connectivity index (χ1) is 5.11. The number of rotatable bonds is 1. The van der Waals surface area contributed by atoms with Crippen LogP contribution in [0.5, 0.6) is 0 Å². The highest BCUT2D eigenvalue weighted by molar-refractivity contribution is 5.56. The summed E-state index contributed by atoms with van der Waals surface area (Å²) in [5.74, 6) is -1.52. The Labute approximate surface area is 62.4 Å². The fourth-order valence-corrected chi connectivity index (χ4v) is 0.651. The summed E-state index contributed by atoms with van der Waals surface area (Å²) in [7, 11) is 0. The smallest absolute Gasteiger partial charge is 0.153 e. The first-order valence-corrected chi connectivity index (χ1v) is 2.87. The van der Waals surface area contributed by atoms with Crippen LogP contribution in [0.15, 0.2) is 18.8 Å². The van der Waals surface area contributed by atoms with Gasteiger partial charge in [-0.05, 0) is 0 Å². The molecular weight excluding hydrogens is 150 g/mol. The number of aromatic nitrogens is 1. The Balaban J connectivity index is 3.20. The van der Waals surface area contributed by atoms with Crippen LogP contribution in [0.4, 0.5) is 8.78 Å². The van der Waals surface area contributed by atoms with E-state index in [1.54, 1.807) is 0 Å². The molecule has 0 amide bonds. The third-order valence-electron chi connectivity index (χ3n) is 1.11. The summed E-state index contributed by atoms with van der Waals surface area (Å²) >= 11 is 0. The van der Waals surface area contributed by atoms with Crippen molar-refractivity contribution in [1.29, 1.82) is 0 Å². The average molecular weight is 156 g/mol. The monoisotopic (exact) mass is 156 g/mol. The maximum absolute atomic E-state index is 12.7. The van der Waals surface area contributed by atoms with Crippen LogP contribution in [-0.4, -0.2) is 4.98 Å². The van der Waals surface area contributed by atoms with Gasteiger partial charge in [-0.2, -0.15) is 0 Å². The van der Waals surface area contributed by atoms with Gasteiger partial charge in [0.05, 0.1) is 11.9 Å². The minimum atomic E-state index is -0.794. The molecule has 0 saturated heterocycles. The summed E-state index contributed by atoms with van der Waals surface area (Å²) in [5, 5.41) is 0. The molecular formula is C7H6F2N2. The minimum Gasteiger partial charge on any atom is -0.397 e. The highest BCUT2D eigenvalue weighted by Crippen LogP contribution is 2.09. The first-order valence-electron chi connectivity index (χ1n) is 2.87. The van der Waals surface area contributed by atoms with Gasteiger partial charge in [0.15, 0.2) is 5.82 Å². The van der Waals surface area contributed by atoms with Gasteiger partial charge in [0.25, 0.3) is 0 Å². The lowest BCUT2D eigenvalue weighted by Gasteiger charge is -1.98. The van der Waals surface area contributed by atoms with Crippen LogP contribution in [0, 0.1) is 11.6 Å². The van der Waals surface area contributed by atoms with Crippen molar-refractivity contribution in [1.82, 2.24) is 4.98 Å². The normalized spacial score (nSPS) is 9.64. The Morgan fingerprint density at radius 3 is 2.64 bits per heavy atom. The molecule has 2 N–H and O–H groups in total. The summed E-state index contributed by atoms with van der Waals surface area (Å²) in [5.41, 5.74) is 5.03. The summed E-state index contributed by atoms with van der Waals surface area (Å²) in [6.07, 6.45) is 0.885. The van der Waals surface area contributed by atoms with E-state index >= 15 is 0 Å². The Morgan fingerprint density at radius 2 is 2.18 bits per heavy atom. The maximum atomic E-state index is 12.7. The third-order valence-corrected chi connectivity index (χ3v) is 1.11. The molecule has 0 fully saturated rings. The topological polar surface area (TPSA) is 38.9 Å². The standard InChI is InChI=1S/C7H6F2N2/c1-4(10)7-6(9)2-5(8)3-11-7/h2-3H,1,10H2. The van der Waals surface area contributed by atoms with Gasteiger partial charge >= 0.3 is 0 Å². The summed E-state index contributed by atoms with van der Waals surface area (Å²) in [6, 6.07) is 0.709. The van der Waals surface area contributed by atoms with Crippen LogP contribution in [0.3, 0.4) is 0 Å². The van der Waals surface area contributed by atoms with Crippen molar-refractivity contribution < 1.29 is 8.78 Å². The molecule has 0 aromatic carbocycles. The zero-order valence-corrected chi connectivity index (χ0v) is 5.64. The van der Waals surface area contributed by atoms with Gasteiger partial charge < -0.3 is 5.73 Å². The predicted molar refractivity (Wildman–Crippen MR) is 37.4 cm³/mol. The Hall–Kier alpha value is -1.45. The van der Waals surface area contributed by atoms with E-state index in [1.807, 2.05) is 0 Å². The maximum Gasteiger partial charge on any atom is 0.153 e. The minimum absolute atomic E-state index is 0.0116. The molecule has 0 aliphatic rings. The summed E-state index contributed by atoms with van der Waals surface area (Å²) in [6.45, 7) is 3.27. The molecule has 0 bridgehead atoms. The van der Waals surface area contributed by atoms with Crippen molar-refractivity contribution in [2.24, 2.45) is 5.73 Å². The van der Waals surface area contributed by atoms with Crippen LogP contribution >= 0.6 is 0 Å². The molecule has 2 nitrogen and oxygen atoms in total. The van der Waals surface area contributed by atoms with Gasteiger partial charge in [-0.1, -0.05) is 6.58 Å². The number of pyridine rings is 1. The molecule has 58 valence electrons. The zero-order valence-electron chi connectivity index (χ0n) is 5.64. The lowest BCUT2D eigenvalue weighted by atomic mass is 10.3. The van der Waals surface area contributed by atoms with Gasteiger partial charge in [0.1, 0.15) is 11.5 Å². The number of hydrogen-bond donors (Lipinski definition) is 1. The molecule has 1 rings (SSSR count). The first kappa shape index (κ1) is 7.65. The Bertz CT molecular complexity index is 296. The van der Waals surface area contributed by atoms with Crippen molar-refractivity contribution in [3.63, 3.8) is 0 Å². The molecule has 11 heavy (non-hydrogen) atoms. The van der Waals surface area contributed by atoms with Gasteiger partial charge in [-0.25, -0.2) is 13.8 Å². The van der Waals surface area contributed by atoms with Crippen LogP contribution in [-0.2, 0) is 0 Å². The predicted octanol–water partition coefficient (Wildman–Crippen LogP) is 1.29. The lowest BCUT2D eigenvalue weighted by molar-refractivity contribution is 0.569. The lowest BCUT2D eigenvalue weighted by Crippen LogP contribution is -2.01. The van der Waals surface area contributed by atoms with Crippen molar-refractivity contribution in [2.75, 3.05) is 0 Å². The number of nitrogens with zero attached hydrogens (tertiary/aromatic N) is 1. The van der Waals surface area contributed by atoms with Crippen molar-refractivity contribution >= 4 is 5.70 Å². The van der Waals surface area contributed by atoms with Crippen LogP contribution in [0.1, 0.15) is 5.69 Å². The molecule has 0 spiro atoms. The van der Waals surface area contributed by atoms with E-state index in [9.17, 15) is 8.78 Å². The van der Waals surface area contributed by atoms with E-state index in [4.69, 9.17) is 5.73 Å². The SMILES string of the molecule is C=C(N)c1ncc(F)cc1F. The Kier molecular flexibility index (Phi) is 1.85. The number of hydrogen-bond acceptors (Lipinski definition) is 2. The molecule has 0 unspecified atom stereocenters. The molecule has 0 atom stereocenters. The molecule has 0 radical (unpaired) electrons. The van der Waals surface area contributed by atoms with Crippen LogP contribution in [0.2, 0.25) is 0 Å². The van der Waals surface area contributed by atoms with Gasteiger partial charge in [-0.3, -0.25) is 0 Å². The number of halogens is 2.